The van der Waals surface area contributed by atoms with Crippen LogP contribution in [-0.4, -0.2) is 18.9 Å². The molecule has 0 spiro atoms. The molecule has 110 valence electrons. The summed E-state index contributed by atoms with van der Waals surface area (Å²) in [7, 11) is 1.58. The molecule has 2 rings (SSSR count). The first kappa shape index (κ1) is 15.3. The molecular formula is C16H18N2O2S. The molecule has 1 aromatic heterocycles. The lowest BCUT2D eigenvalue weighted by molar-refractivity contribution is -0.116. The number of carbonyl (C=O) groups excluding carboxylic acids is 2. The molecule has 2 amide bonds. The Morgan fingerprint density at radius 3 is 2.76 bits per heavy atom. The predicted molar refractivity (Wildman–Crippen MR) is 85.7 cm³/mol. The number of nitrogens with one attached hydrogen (secondary N) is 2. The summed E-state index contributed by atoms with van der Waals surface area (Å²) in [6, 6.07) is 11.0. The van der Waals surface area contributed by atoms with Crippen LogP contribution in [0.15, 0.2) is 41.8 Å². The molecule has 1 heterocycles. The smallest absolute Gasteiger partial charge is 0.251 e. The minimum Gasteiger partial charge on any atom is -0.355 e. The fourth-order valence-corrected chi connectivity index (χ4v) is 2.74. The third-order valence-electron chi connectivity index (χ3n) is 3.04. The van der Waals surface area contributed by atoms with E-state index >= 15 is 0 Å². The molecule has 0 aliphatic heterocycles. The van der Waals surface area contributed by atoms with Crippen molar-refractivity contribution in [2.75, 3.05) is 12.4 Å². The molecule has 0 fully saturated rings. The topological polar surface area (TPSA) is 58.2 Å². The van der Waals surface area contributed by atoms with E-state index in [-0.39, 0.29) is 11.8 Å². The van der Waals surface area contributed by atoms with Crippen LogP contribution >= 0.6 is 11.3 Å². The molecule has 4 nitrogen and oxygen atoms in total. The van der Waals surface area contributed by atoms with E-state index in [1.54, 1.807) is 42.6 Å². The fourth-order valence-electron chi connectivity index (χ4n) is 1.98. The SMILES string of the molecule is CNC(=O)c1cccc(NC(=O)CCCc2cccs2)c1. The monoisotopic (exact) mass is 302 g/mol. The van der Waals surface area contributed by atoms with E-state index in [1.807, 2.05) is 11.4 Å². The van der Waals surface area contributed by atoms with Crippen LogP contribution in [0, 0.1) is 0 Å². The third-order valence-corrected chi connectivity index (χ3v) is 3.98. The van der Waals surface area contributed by atoms with Gasteiger partial charge in [0, 0.05) is 29.6 Å². The second-order valence-electron chi connectivity index (χ2n) is 4.64. The molecule has 0 aliphatic carbocycles. The van der Waals surface area contributed by atoms with Crippen molar-refractivity contribution in [3.63, 3.8) is 0 Å². The van der Waals surface area contributed by atoms with Crippen molar-refractivity contribution in [3.8, 4) is 0 Å². The number of anilines is 1. The lowest BCUT2D eigenvalue weighted by Crippen LogP contribution is -2.18. The molecular weight excluding hydrogens is 284 g/mol. The summed E-state index contributed by atoms with van der Waals surface area (Å²) in [5.41, 5.74) is 1.19. The molecule has 2 aromatic rings. The summed E-state index contributed by atoms with van der Waals surface area (Å²) in [5.74, 6) is -0.190. The normalized spacial score (nSPS) is 10.1. The Morgan fingerprint density at radius 1 is 1.19 bits per heavy atom. The van der Waals surface area contributed by atoms with Gasteiger partial charge in [-0.3, -0.25) is 9.59 Å². The van der Waals surface area contributed by atoms with E-state index in [2.05, 4.69) is 16.7 Å². The summed E-state index contributed by atoms with van der Waals surface area (Å²) < 4.78 is 0. The number of benzene rings is 1. The highest BCUT2D eigenvalue weighted by atomic mass is 32.1. The number of rotatable bonds is 6. The lowest BCUT2D eigenvalue weighted by atomic mass is 10.1. The number of carbonyl (C=O) groups is 2. The largest absolute Gasteiger partial charge is 0.355 e. The number of thiophene rings is 1. The van der Waals surface area contributed by atoms with Crippen molar-refractivity contribution in [1.82, 2.24) is 5.32 Å². The van der Waals surface area contributed by atoms with Crippen LogP contribution in [0.4, 0.5) is 5.69 Å². The quantitative estimate of drug-likeness (QED) is 0.861. The number of hydrogen-bond acceptors (Lipinski definition) is 3. The molecule has 5 heteroatoms. The summed E-state index contributed by atoms with van der Waals surface area (Å²) in [5, 5.41) is 7.43. The molecule has 1 aromatic carbocycles. The van der Waals surface area contributed by atoms with E-state index in [9.17, 15) is 9.59 Å². The van der Waals surface area contributed by atoms with Gasteiger partial charge in [0.05, 0.1) is 0 Å². The predicted octanol–water partition coefficient (Wildman–Crippen LogP) is 3.07. The minimum atomic E-state index is -0.163. The Labute approximate surface area is 128 Å². The van der Waals surface area contributed by atoms with Crippen LogP contribution in [0.3, 0.4) is 0 Å². The summed E-state index contributed by atoms with van der Waals surface area (Å²) in [4.78, 5) is 24.7. The Hall–Kier alpha value is -2.14. The summed E-state index contributed by atoms with van der Waals surface area (Å²) >= 11 is 1.71. The van der Waals surface area contributed by atoms with E-state index < -0.39 is 0 Å². The molecule has 0 radical (unpaired) electrons. The van der Waals surface area contributed by atoms with Crippen molar-refractivity contribution in [1.29, 1.82) is 0 Å². The van der Waals surface area contributed by atoms with Gasteiger partial charge in [-0.25, -0.2) is 0 Å². The molecule has 2 N–H and O–H groups in total. The highest BCUT2D eigenvalue weighted by Gasteiger charge is 2.06. The van der Waals surface area contributed by atoms with Crippen molar-refractivity contribution in [2.45, 2.75) is 19.3 Å². The first-order valence-corrected chi connectivity index (χ1v) is 7.71. The fraction of sp³-hybridized carbons (Fsp3) is 0.250. The van der Waals surface area contributed by atoms with Crippen molar-refractivity contribution >= 4 is 28.8 Å². The highest BCUT2D eigenvalue weighted by molar-refractivity contribution is 7.09. The third kappa shape index (κ3) is 4.72. The molecule has 0 atom stereocenters. The Balaban J connectivity index is 1.83. The molecule has 21 heavy (non-hydrogen) atoms. The van der Waals surface area contributed by atoms with Gasteiger partial charge < -0.3 is 10.6 Å². The average Bonchev–Trinajstić information content (AvgIpc) is 3.00. The first-order chi connectivity index (χ1) is 10.2. The van der Waals surface area contributed by atoms with Crippen LogP contribution in [0.1, 0.15) is 28.1 Å². The number of amides is 2. The van der Waals surface area contributed by atoms with E-state index in [0.29, 0.717) is 17.7 Å². The van der Waals surface area contributed by atoms with E-state index in [4.69, 9.17) is 0 Å². The maximum Gasteiger partial charge on any atom is 0.251 e. The zero-order valence-electron chi connectivity index (χ0n) is 11.9. The Kier molecular flexibility index (Phi) is 5.51. The molecule has 0 bridgehead atoms. The zero-order chi connectivity index (χ0) is 15.1. The van der Waals surface area contributed by atoms with Gasteiger partial charge in [-0.15, -0.1) is 11.3 Å². The Bertz CT molecular complexity index is 608. The lowest BCUT2D eigenvalue weighted by Gasteiger charge is -2.07. The molecule has 0 saturated heterocycles. The first-order valence-electron chi connectivity index (χ1n) is 6.83. The summed E-state index contributed by atoms with van der Waals surface area (Å²) in [6.45, 7) is 0. The maximum atomic E-state index is 11.9. The average molecular weight is 302 g/mol. The zero-order valence-corrected chi connectivity index (χ0v) is 12.7. The molecule has 0 unspecified atom stereocenters. The second kappa shape index (κ2) is 7.59. The standard InChI is InChI=1S/C16H18N2O2S/c1-17-16(20)12-5-2-6-13(11-12)18-15(19)9-3-7-14-8-4-10-21-14/h2,4-6,8,10-11H,3,7,9H2,1H3,(H,17,20)(H,18,19). The van der Waals surface area contributed by atoms with Crippen molar-refractivity contribution in [2.24, 2.45) is 0 Å². The van der Waals surface area contributed by atoms with Gasteiger partial charge in [0.2, 0.25) is 5.91 Å². The number of aryl methyl sites for hydroxylation is 1. The van der Waals surface area contributed by atoms with Gasteiger partial charge >= 0.3 is 0 Å². The van der Waals surface area contributed by atoms with E-state index in [0.717, 1.165) is 12.8 Å². The van der Waals surface area contributed by atoms with Gasteiger partial charge in [-0.1, -0.05) is 12.1 Å². The highest BCUT2D eigenvalue weighted by Crippen LogP contribution is 2.14. The van der Waals surface area contributed by atoms with Gasteiger partial charge in [-0.2, -0.15) is 0 Å². The molecule has 0 aliphatic rings. The van der Waals surface area contributed by atoms with Crippen molar-refractivity contribution < 1.29 is 9.59 Å². The van der Waals surface area contributed by atoms with Crippen LogP contribution in [0.2, 0.25) is 0 Å². The van der Waals surface area contributed by atoms with Gasteiger partial charge in [-0.05, 0) is 42.5 Å². The van der Waals surface area contributed by atoms with Gasteiger partial charge in [0.1, 0.15) is 0 Å². The summed E-state index contributed by atoms with van der Waals surface area (Å²) in [6.07, 6.45) is 2.22. The second-order valence-corrected chi connectivity index (χ2v) is 5.67. The van der Waals surface area contributed by atoms with Crippen molar-refractivity contribution in [3.05, 3.63) is 52.2 Å². The molecule has 0 saturated carbocycles. The number of hydrogen-bond donors (Lipinski definition) is 2. The van der Waals surface area contributed by atoms with Gasteiger partial charge in [0.15, 0.2) is 0 Å². The van der Waals surface area contributed by atoms with Crippen LogP contribution in [-0.2, 0) is 11.2 Å². The van der Waals surface area contributed by atoms with Crippen LogP contribution in [0.25, 0.3) is 0 Å². The maximum absolute atomic E-state index is 11.9. The minimum absolute atomic E-state index is 0.0272. The van der Waals surface area contributed by atoms with Crippen LogP contribution in [0.5, 0.6) is 0 Å². The van der Waals surface area contributed by atoms with Gasteiger partial charge in [0.25, 0.3) is 5.91 Å². The Morgan fingerprint density at radius 2 is 2.05 bits per heavy atom. The van der Waals surface area contributed by atoms with Crippen LogP contribution < -0.4 is 10.6 Å². The van der Waals surface area contributed by atoms with E-state index in [1.165, 1.54) is 4.88 Å².